The summed E-state index contributed by atoms with van der Waals surface area (Å²) in [5.74, 6) is 0.350. The Bertz CT molecular complexity index is 1440. The number of likely N-dealkylation sites (tertiary alicyclic amines) is 1. The number of halogens is 3. The maximum atomic E-state index is 13.3. The molecule has 0 unspecified atom stereocenters. The van der Waals surface area contributed by atoms with Crippen LogP contribution < -0.4 is 0 Å². The van der Waals surface area contributed by atoms with Gasteiger partial charge in [0.25, 0.3) is 5.91 Å². The lowest BCUT2D eigenvalue weighted by atomic mass is 9.92. The van der Waals surface area contributed by atoms with E-state index < -0.39 is 11.7 Å². The van der Waals surface area contributed by atoms with Crippen LogP contribution in [0.4, 0.5) is 18.9 Å². The summed E-state index contributed by atoms with van der Waals surface area (Å²) in [6.45, 7) is 7.95. The van der Waals surface area contributed by atoms with Gasteiger partial charge >= 0.3 is 6.18 Å². The third-order valence-electron chi connectivity index (χ3n) is 8.54. The van der Waals surface area contributed by atoms with Crippen LogP contribution in [-0.4, -0.2) is 75.6 Å². The molecule has 0 aliphatic carbocycles. The predicted octanol–water partition coefficient (Wildman–Crippen LogP) is 5.16. The van der Waals surface area contributed by atoms with Crippen LogP contribution in [0.15, 0.2) is 59.7 Å². The number of amides is 1. The van der Waals surface area contributed by atoms with E-state index in [1.54, 1.807) is 0 Å². The molecule has 42 heavy (non-hydrogen) atoms. The van der Waals surface area contributed by atoms with Gasteiger partial charge in [0.15, 0.2) is 0 Å². The molecule has 5 heterocycles. The minimum absolute atomic E-state index is 0.0531. The normalized spacial score (nSPS) is 18.7. The SMILES string of the molecule is Cc1ccc(CN2CCC(c3ccc4c(n3)CC(C(=O)N3CCN(Cc5ccc(C(F)(F)F)cc5)CC3)=N4)CC2)cn1. The Kier molecular flexibility index (Phi) is 8.09. The fourth-order valence-corrected chi connectivity index (χ4v) is 6.02. The zero-order valence-electron chi connectivity index (χ0n) is 23.8. The zero-order chi connectivity index (χ0) is 29.3. The van der Waals surface area contributed by atoms with Crippen molar-refractivity contribution in [2.45, 2.75) is 51.4 Å². The number of hydrogen-bond donors (Lipinski definition) is 0. The standard InChI is InChI=1S/C32H35F3N6O/c1-22-2-3-24(19-36-22)21-39-12-10-25(11-13-39)27-8-9-28-29(37-27)18-30(38-28)31(42)41-16-14-40(15-17-41)20-23-4-6-26(7-5-23)32(33,34)35/h2-9,19,25H,10-18,20-21H2,1H3. The zero-order valence-corrected chi connectivity index (χ0v) is 23.8. The summed E-state index contributed by atoms with van der Waals surface area (Å²) in [5.41, 5.74) is 5.75. The van der Waals surface area contributed by atoms with Gasteiger partial charge in [-0.25, -0.2) is 4.99 Å². The maximum absolute atomic E-state index is 13.3. The summed E-state index contributed by atoms with van der Waals surface area (Å²) in [4.78, 5) is 33.8. The smallest absolute Gasteiger partial charge is 0.335 e. The van der Waals surface area contributed by atoms with E-state index in [-0.39, 0.29) is 5.91 Å². The average Bonchev–Trinajstić information content (AvgIpc) is 3.42. The number of aryl methyl sites for hydroxylation is 1. The summed E-state index contributed by atoms with van der Waals surface area (Å²) in [6.07, 6.45) is 0.184. The van der Waals surface area contributed by atoms with E-state index in [1.807, 2.05) is 24.1 Å². The number of pyridine rings is 2. The third kappa shape index (κ3) is 6.55. The first-order valence-corrected chi connectivity index (χ1v) is 14.6. The number of nitrogens with zero attached hydrogens (tertiary/aromatic N) is 6. The molecule has 0 spiro atoms. The molecule has 10 heteroatoms. The molecule has 0 bridgehead atoms. The first kappa shape index (κ1) is 28.5. The highest BCUT2D eigenvalue weighted by Crippen LogP contribution is 2.33. The minimum atomic E-state index is -4.33. The van der Waals surface area contributed by atoms with Crippen LogP contribution in [0.3, 0.4) is 0 Å². The van der Waals surface area contributed by atoms with E-state index in [0.29, 0.717) is 50.8 Å². The van der Waals surface area contributed by atoms with Crippen LogP contribution in [0.1, 0.15) is 52.5 Å². The summed E-state index contributed by atoms with van der Waals surface area (Å²) >= 11 is 0. The molecule has 0 saturated carbocycles. The Morgan fingerprint density at radius 2 is 1.52 bits per heavy atom. The molecule has 0 radical (unpaired) electrons. The van der Waals surface area contributed by atoms with Crippen molar-refractivity contribution in [3.63, 3.8) is 0 Å². The monoisotopic (exact) mass is 576 g/mol. The van der Waals surface area contributed by atoms with Gasteiger partial charge in [-0.2, -0.15) is 13.2 Å². The number of carbonyl (C=O) groups is 1. The van der Waals surface area contributed by atoms with Crippen LogP contribution >= 0.6 is 0 Å². The highest BCUT2D eigenvalue weighted by molar-refractivity contribution is 6.40. The van der Waals surface area contributed by atoms with Crippen LogP contribution in [0.5, 0.6) is 0 Å². The van der Waals surface area contributed by atoms with E-state index in [1.165, 1.54) is 17.7 Å². The lowest BCUT2D eigenvalue weighted by Crippen LogP contribution is -2.50. The lowest BCUT2D eigenvalue weighted by Gasteiger charge is -2.34. The highest BCUT2D eigenvalue weighted by atomic mass is 19.4. The Morgan fingerprint density at radius 1 is 0.857 bits per heavy atom. The van der Waals surface area contributed by atoms with E-state index >= 15 is 0 Å². The minimum Gasteiger partial charge on any atom is -0.335 e. The second-order valence-corrected chi connectivity index (χ2v) is 11.6. The molecule has 2 aromatic heterocycles. The van der Waals surface area contributed by atoms with Crippen LogP contribution in [0.2, 0.25) is 0 Å². The topological polar surface area (TPSA) is 64.9 Å². The summed E-state index contributed by atoms with van der Waals surface area (Å²) in [5, 5.41) is 0. The molecular formula is C32H35F3N6O. The van der Waals surface area contributed by atoms with Crippen molar-refractivity contribution in [1.82, 2.24) is 24.7 Å². The number of piperazine rings is 1. The molecular weight excluding hydrogens is 541 g/mol. The molecule has 0 N–H and O–H groups in total. The third-order valence-corrected chi connectivity index (χ3v) is 8.54. The second kappa shape index (κ2) is 11.9. The van der Waals surface area contributed by atoms with Crippen LogP contribution in [0, 0.1) is 6.92 Å². The first-order chi connectivity index (χ1) is 20.2. The summed E-state index contributed by atoms with van der Waals surface area (Å²) in [6, 6.07) is 13.6. The van der Waals surface area contributed by atoms with E-state index in [4.69, 9.17) is 4.98 Å². The number of hydrogen-bond acceptors (Lipinski definition) is 6. The van der Waals surface area contributed by atoms with Gasteiger partial charge in [0.2, 0.25) is 0 Å². The fraction of sp³-hybridized carbons (Fsp3) is 0.438. The molecule has 1 aromatic carbocycles. The fourth-order valence-electron chi connectivity index (χ4n) is 6.02. The predicted molar refractivity (Wildman–Crippen MR) is 155 cm³/mol. The van der Waals surface area contributed by atoms with Gasteiger partial charge in [-0.05, 0) is 74.3 Å². The molecule has 7 nitrogen and oxygen atoms in total. The second-order valence-electron chi connectivity index (χ2n) is 11.6. The van der Waals surface area contributed by atoms with Crippen molar-refractivity contribution < 1.29 is 18.0 Å². The van der Waals surface area contributed by atoms with Crippen molar-refractivity contribution in [3.8, 4) is 0 Å². The molecule has 2 fully saturated rings. The van der Waals surface area contributed by atoms with Gasteiger partial charge < -0.3 is 4.90 Å². The molecule has 1 amide bonds. The number of aromatic nitrogens is 2. The van der Waals surface area contributed by atoms with Crippen molar-refractivity contribution in [3.05, 3.63) is 88.5 Å². The Labute approximate surface area is 244 Å². The number of aliphatic imine (C=N–C) groups is 1. The number of alkyl halides is 3. The van der Waals surface area contributed by atoms with E-state index in [2.05, 4.69) is 38.0 Å². The average molecular weight is 577 g/mol. The molecule has 6 rings (SSSR count). The Morgan fingerprint density at radius 3 is 2.19 bits per heavy atom. The number of rotatable bonds is 6. The maximum Gasteiger partial charge on any atom is 0.416 e. The molecule has 3 aromatic rings. The number of piperidine rings is 1. The number of fused-ring (bicyclic) bond motifs is 1. The van der Waals surface area contributed by atoms with E-state index in [0.717, 1.165) is 72.9 Å². The van der Waals surface area contributed by atoms with Gasteiger partial charge in [0, 0.05) is 69.2 Å². The molecule has 0 atom stereocenters. The molecule has 3 aliphatic rings. The van der Waals surface area contributed by atoms with Gasteiger partial charge in [-0.1, -0.05) is 18.2 Å². The van der Waals surface area contributed by atoms with Crippen LogP contribution in [0.25, 0.3) is 0 Å². The van der Waals surface area contributed by atoms with Crippen molar-refractivity contribution in [2.24, 2.45) is 4.99 Å². The van der Waals surface area contributed by atoms with Gasteiger partial charge in [-0.15, -0.1) is 0 Å². The Balaban J connectivity index is 0.979. The number of carbonyl (C=O) groups excluding carboxylic acids is 1. The van der Waals surface area contributed by atoms with Gasteiger partial charge in [0.05, 0.1) is 16.9 Å². The Hall–Kier alpha value is -3.63. The first-order valence-electron chi connectivity index (χ1n) is 14.6. The van der Waals surface area contributed by atoms with Crippen molar-refractivity contribution >= 4 is 17.3 Å². The number of benzene rings is 1. The quantitative estimate of drug-likeness (QED) is 0.406. The highest BCUT2D eigenvalue weighted by Gasteiger charge is 2.31. The largest absolute Gasteiger partial charge is 0.416 e. The van der Waals surface area contributed by atoms with Crippen LogP contribution in [-0.2, 0) is 30.5 Å². The molecule has 220 valence electrons. The summed E-state index contributed by atoms with van der Waals surface area (Å²) < 4.78 is 38.5. The molecule has 2 saturated heterocycles. The van der Waals surface area contributed by atoms with Crippen molar-refractivity contribution in [1.29, 1.82) is 0 Å². The summed E-state index contributed by atoms with van der Waals surface area (Å²) in [7, 11) is 0. The molecule has 3 aliphatic heterocycles. The van der Waals surface area contributed by atoms with Gasteiger partial charge in [-0.3, -0.25) is 24.6 Å². The van der Waals surface area contributed by atoms with E-state index in [9.17, 15) is 18.0 Å². The van der Waals surface area contributed by atoms with Gasteiger partial charge in [0.1, 0.15) is 5.71 Å². The lowest BCUT2D eigenvalue weighted by molar-refractivity contribution is -0.137. The van der Waals surface area contributed by atoms with Crippen molar-refractivity contribution in [2.75, 3.05) is 39.3 Å².